The number of rotatable bonds is 4. The smallest absolute Gasteiger partial charge is 0.280 e. The van der Waals surface area contributed by atoms with Crippen LogP contribution in [0.4, 0.5) is 8.78 Å². The van der Waals surface area contributed by atoms with E-state index in [-0.39, 0.29) is 23.5 Å². The summed E-state index contributed by atoms with van der Waals surface area (Å²) in [6.07, 6.45) is -0.774. The van der Waals surface area contributed by atoms with Crippen molar-refractivity contribution in [2.24, 2.45) is 7.05 Å². The van der Waals surface area contributed by atoms with Crippen molar-refractivity contribution < 1.29 is 18.3 Å². The minimum atomic E-state index is -2.67. The molecule has 1 amide bonds. The molecule has 1 aliphatic rings. The first-order chi connectivity index (χ1) is 10.6. The van der Waals surface area contributed by atoms with E-state index in [0.717, 1.165) is 16.4 Å². The summed E-state index contributed by atoms with van der Waals surface area (Å²) in [7, 11) is 1.38. The number of alkyl halides is 2. The van der Waals surface area contributed by atoms with Gasteiger partial charge in [0.15, 0.2) is 5.69 Å². The Morgan fingerprint density at radius 1 is 1.59 bits per heavy atom. The van der Waals surface area contributed by atoms with Gasteiger partial charge < -0.3 is 10.1 Å². The van der Waals surface area contributed by atoms with Gasteiger partial charge in [-0.05, 0) is 18.6 Å². The lowest BCUT2D eigenvalue weighted by Gasteiger charge is -2.17. The Labute approximate surface area is 124 Å². The van der Waals surface area contributed by atoms with Crippen LogP contribution in [0.15, 0.2) is 18.3 Å². The van der Waals surface area contributed by atoms with Crippen LogP contribution >= 0.6 is 0 Å². The Kier molecular flexibility index (Phi) is 3.88. The largest absolute Gasteiger partial charge is 0.370 e. The van der Waals surface area contributed by atoms with Gasteiger partial charge in [0.05, 0.1) is 11.7 Å². The van der Waals surface area contributed by atoms with Crippen molar-refractivity contribution in [1.29, 1.82) is 0 Å². The van der Waals surface area contributed by atoms with Crippen LogP contribution in [0.2, 0.25) is 0 Å². The van der Waals surface area contributed by atoms with Crippen LogP contribution in [-0.4, -0.2) is 38.5 Å². The molecule has 1 fully saturated rings. The monoisotopic (exact) mass is 311 g/mol. The lowest BCUT2D eigenvalue weighted by Crippen LogP contribution is -2.37. The first-order valence-electron chi connectivity index (χ1n) is 6.80. The van der Waals surface area contributed by atoms with E-state index >= 15 is 0 Å². The third-order valence-corrected chi connectivity index (χ3v) is 3.61. The van der Waals surface area contributed by atoms with Crippen LogP contribution in [-0.2, 0) is 11.8 Å². The van der Waals surface area contributed by atoms with Crippen LogP contribution in [0.3, 0.4) is 0 Å². The van der Waals surface area contributed by atoms with E-state index in [4.69, 9.17) is 4.74 Å². The molecule has 9 heteroatoms. The van der Waals surface area contributed by atoms with Gasteiger partial charge in [0.25, 0.3) is 12.3 Å². The van der Waals surface area contributed by atoms with Crippen LogP contribution in [0.25, 0.3) is 0 Å². The molecular weight excluding hydrogens is 296 g/mol. The fourth-order valence-corrected chi connectivity index (χ4v) is 2.51. The average molecular weight is 311 g/mol. The number of nitrogens with one attached hydrogen (secondary N) is 2. The van der Waals surface area contributed by atoms with Crippen molar-refractivity contribution >= 4 is 5.91 Å². The highest BCUT2D eigenvalue weighted by atomic mass is 19.3. The summed E-state index contributed by atoms with van der Waals surface area (Å²) in [6, 6.07) is 2.61. The van der Waals surface area contributed by atoms with Gasteiger partial charge >= 0.3 is 0 Å². The molecule has 7 nitrogen and oxygen atoms in total. The van der Waals surface area contributed by atoms with Gasteiger partial charge in [-0.1, -0.05) is 0 Å². The molecule has 2 aromatic heterocycles. The predicted octanol–water partition coefficient (Wildman–Crippen LogP) is 1.34. The summed E-state index contributed by atoms with van der Waals surface area (Å²) in [5, 5.41) is 13.3. The molecule has 1 aliphatic heterocycles. The topological polar surface area (TPSA) is 84.8 Å². The molecule has 22 heavy (non-hydrogen) atoms. The van der Waals surface area contributed by atoms with E-state index < -0.39 is 12.3 Å². The average Bonchev–Trinajstić information content (AvgIpc) is 3.16. The molecular formula is C13H15F2N5O2. The van der Waals surface area contributed by atoms with Gasteiger partial charge in [0, 0.05) is 19.9 Å². The Hall–Kier alpha value is -2.29. The number of amides is 1. The first kappa shape index (κ1) is 14.6. The lowest BCUT2D eigenvalue weighted by molar-refractivity contribution is 0.0803. The van der Waals surface area contributed by atoms with Gasteiger partial charge in [-0.15, -0.1) is 0 Å². The van der Waals surface area contributed by atoms with Crippen molar-refractivity contribution in [3.63, 3.8) is 0 Å². The molecule has 0 aromatic carbocycles. The third kappa shape index (κ3) is 2.71. The summed E-state index contributed by atoms with van der Waals surface area (Å²) in [6.45, 7) is 0.499. The zero-order chi connectivity index (χ0) is 15.7. The Morgan fingerprint density at radius 2 is 2.41 bits per heavy atom. The van der Waals surface area contributed by atoms with Crippen molar-refractivity contribution in [2.75, 3.05) is 6.61 Å². The highest BCUT2D eigenvalue weighted by Crippen LogP contribution is 2.28. The Balaban J connectivity index is 1.72. The molecule has 2 atom stereocenters. The zero-order valence-electron chi connectivity index (χ0n) is 11.8. The number of H-pyrrole nitrogens is 1. The normalized spacial score (nSPS) is 21.5. The standard InChI is InChI=1S/C13H15F2N5O2/c1-20-10(12(14)15)6-9(19-20)13(21)17-7-3-5-22-11(7)8-2-4-16-18-8/h2,4,6-7,11-12H,3,5H2,1H3,(H,16,18)(H,17,21)/t7-,11-/m1/s1. The number of hydrogen-bond acceptors (Lipinski definition) is 4. The van der Waals surface area contributed by atoms with E-state index in [9.17, 15) is 13.6 Å². The number of aromatic amines is 1. The van der Waals surface area contributed by atoms with E-state index in [1.807, 2.05) is 0 Å². The van der Waals surface area contributed by atoms with E-state index in [0.29, 0.717) is 13.0 Å². The van der Waals surface area contributed by atoms with E-state index in [2.05, 4.69) is 20.6 Å². The second-order valence-corrected chi connectivity index (χ2v) is 5.05. The van der Waals surface area contributed by atoms with Gasteiger partial charge in [-0.25, -0.2) is 8.78 Å². The van der Waals surface area contributed by atoms with Crippen molar-refractivity contribution in [2.45, 2.75) is 25.0 Å². The van der Waals surface area contributed by atoms with Crippen LogP contribution in [0.5, 0.6) is 0 Å². The molecule has 2 N–H and O–H groups in total. The minimum Gasteiger partial charge on any atom is -0.370 e. The Bertz CT molecular complexity index is 655. The number of aromatic nitrogens is 4. The number of nitrogens with zero attached hydrogens (tertiary/aromatic N) is 3. The number of carbonyl (C=O) groups is 1. The van der Waals surface area contributed by atoms with Crippen LogP contribution in [0.1, 0.15) is 40.8 Å². The van der Waals surface area contributed by atoms with Gasteiger partial charge in [0.1, 0.15) is 11.8 Å². The summed E-state index contributed by atoms with van der Waals surface area (Å²) in [4.78, 5) is 12.2. The molecule has 118 valence electrons. The third-order valence-electron chi connectivity index (χ3n) is 3.61. The van der Waals surface area contributed by atoms with E-state index in [1.54, 1.807) is 12.3 Å². The quantitative estimate of drug-likeness (QED) is 0.892. The van der Waals surface area contributed by atoms with Gasteiger partial charge in [-0.3, -0.25) is 14.6 Å². The molecule has 0 radical (unpaired) electrons. The molecule has 0 aliphatic carbocycles. The molecule has 3 heterocycles. The van der Waals surface area contributed by atoms with Crippen molar-refractivity contribution in [3.05, 3.63) is 35.4 Å². The SMILES string of the molecule is Cn1nc(C(=O)N[C@@H]2CCO[C@H]2c2ccn[nH]2)cc1C(F)F. The molecule has 0 unspecified atom stereocenters. The second-order valence-electron chi connectivity index (χ2n) is 5.05. The first-order valence-corrected chi connectivity index (χ1v) is 6.80. The number of ether oxygens (including phenoxy) is 1. The maximum absolute atomic E-state index is 12.7. The summed E-state index contributed by atoms with van der Waals surface area (Å²) < 4.78 is 32.1. The lowest BCUT2D eigenvalue weighted by atomic mass is 10.1. The molecule has 0 bridgehead atoms. The molecule has 3 rings (SSSR count). The summed E-state index contributed by atoms with van der Waals surface area (Å²) >= 11 is 0. The maximum Gasteiger partial charge on any atom is 0.280 e. The predicted molar refractivity (Wildman–Crippen MR) is 71.3 cm³/mol. The zero-order valence-corrected chi connectivity index (χ0v) is 11.8. The molecule has 0 spiro atoms. The summed E-state index contributed by atoms with van der Waals surface area (Å²) in [5.41, 5.74) is 0.433. The Morgan fingerprint density at radius 3 is 3.05 bits per heavy atom. The number of carbonyl (C=O) groups excluding carboxylic acids is 1. The maximum atomic E-state index is 12.7. The van der Waals surface area contributed by atoms with Crippen molar-refractivity contribution in [3.8, 4) is 0 Å². The fourth-order valence-electron chi connectivity index (χ4n) is 2.51. The minimum absolute atomic E-state index is 0.0342. The number of aryl methyl sites for hydroxylation is 1. The van der Waals surface area contributed by atoms with Gasteiger partial charge in [0.2, 0.25) is 0 Å². The number of halogens is 2. The molecule has 2 aromatic rings. The fraction of sp³-hybridized carbons (Fsp3) is 0.462. The van der Waals surface area contributed by atoms with Crippen LogP contribution < -0.4 is 5.32 Å². The van der Waals surface area contributed by atoms with Gasteiger partial charge in [-0.2, -0.15) is 10.2 Å². The summed E-state index contributed by atoms with van der Waals surface area (Å²) in [5.74, 6) is -0.498. The second kappa shape index (κ2) is 5.84. The van der Waals surface area contributed by atoms with E-state index in [1.165, 1.54) is 7.05 Å². The highest BCUT2D eigenvalue weighted by molar-refractivity contribution is 5.92. The molecule has 1 saturated heterocycles. The van der Waals surface area contributed by atoms with Crippen molar-refractivity contribution in [1.82, 2.24) is 25.3 Å². The highest BCUT2D eigenvalue weighted by Gasteiger charge is 2.32. The molecule has 0 saturated carbocycles. The van der Waals surface area contributed by atoms with Crippen LogP contribution in [0, 0.1) is 0 Å². The number of hydrogen-bond donors (Lipinski definition) is 2.